The van der Waals surface area contributed by atoms with Crippen molar-refractivity contribution in [2.75, 3.05) is 0 Å². The van der Waals surface area contributed by atoms with E-state index in [1.807, 2.05) is 24.3 Å². The summed E-state index contributed by atoms with van der Waals surface area (Å²) in [5.74, 6) is 0.578. The molecule has 132 valence electrons. The number of aliphatic hydroxyl groups is 1. The van der Waals surface area contributed by atoms with E-state index in [4.69, 9.17) is 0 Å². The van der Waals surface area contributed by atoms with Crippen LogP contribution in [0.25, 0.3) is 0 Å². The van der Waals surface area contributed by atoms with E-state index < -0.39 is 0 Å². The van der Waals surface area contributed by atoms with Gasteiger partial charge in [0.15, 0.2) is 0 Å². The zero-order valence-electron chi connectivity index (χ0n) is 14.3. The van der Waals surface area contributed by atoms with Crippen LogP contribution in [0.5, 0.6) is 5.75 Å². The fourth-order valence-corrected chi connectivity index (χ4v) is 3.41. The number of hydrogen-bond acceptors (Lipinski definition) is 3. The van der Waals surface area contributed by atoms with Gasteiger partial charge in [0.1, 0.15) is 5.75 Å². The lowest BCUT2D eigenvalue weighted by Crippen LogP contribution is -2.48. The Balaban J connectivity index is 1.56. The molecule has 0 radical (unpaired) electrons. The third kappa shape index (κ3) is 5.07. The number of carbonyl (C=O) groups excluding carboxylic acids is 1. The van der Waals surface area contributed by atoms with Gasteiger partial charge in [0.25, 0.3) is 0 Å². The summed E-state index contributed by atoms with van der Waals surface area (Å²) in [5.41, 5.74) is 2.15. The average Bonchev–Trinajstić information content (AvgIpc) is 2.58. The van der Waals surface area contributed by atoms with E-state index >= 15 is 0 Å². The molecule has 1 amide bonds. The molecule has 25 heavy (non-hydrogen) atoms. The first-order chi connectivity index (χ1) is 12.1. The lowest BCUT2D eigenvalue weighted by molar-refractivity contribution is -0.122. The molecule has 4 nitrogen and oxygen atoms in total. The normalized spacial score (nSPS) is 20.5. The Morgan fingerprint density at radius 2 is 1.80 bits per heavy atom. The zero-order chi connectivity index (χ0) is 17.6. The third-order valence-electron chi connectivity index (χ3n) is 4.91. The van der Waals surface area contributed by atoms with Crippen molar-refractivity contribution >= 4 is 5.91 Å². The number of rotatable bonds is 7. The molecule has 1 aliphatic rings. The van der Waals surface area contributed by atoms with Crippen LogP contribution in [0.3, 0.4) is 0 Å². The van der Waals surface area contributed by atoms with Crippen molar-refractivity contribution in [2.24, 2.45) is 5.92 Å². The molecule has 3 rings (SSSR count). The van der Waals surface area contributed by atoms with Gasteiger partial charge in [0.05, 0.1) is 6.10 Å². The SMILES string of the molecule is O=C(CCc1cccc(O)c1)N[C@H](Cc1ccccc1)C1CC(O)C1. The molecule has 3 N–H and O–H groups in total. The van der Waals surface area contributed by atoms with Crippen molar-refractivity contribution < 1.29 is 15.0 Å². The number of benzene rings is 2. The zero-order valence-corrected chi connectivity index (χ0v) is 14.3. The number of aliphatic hydroxyl groups excluding tert-OH is 1. The molecule has 0 aliphatic heterocycles. The van der Waals surface area contributed by atoms with Gasteiger partial charge in [-0.05, 0) is 54.9 Å². The predicted octanol–water partition coefficient (Wildman–Crippen LogP) is 2.82. The van der Waals surface area contributed by atoms with E-state index in [-0.39, 0.29) is 23.8 Å². The molecule has 2 aromatic carbocycles. The number of aromatic hydroxyl groups is 1. The van der Waals surface area contributed by atoms with Gasteiger partial charge in [-0.1, -0.05) is 42.5 Å². The fourth-order valence-electron chi connectivity index (χ4n) is 3.41. The number of nitrogens with one attached hydrogen (secondary N) is 1. The Bertz CT molecular complexity index is 695. The van der Waals surface area contributed by atoms with E-state index in [9.17, 15) is 15.0 Å². The van der Waals surface area contributed by atoms with Crippen molar-refractivity contribution in [1.82, 2.24) is 5.32 Å². The highest BCUT2D eigenvalue weighted by Gasteiger charge is 2.34. The summed E-state index contributed by atoms with van der Waals surface area (Å²) < 4.78 is 0. The lowest BCUT2D eigenvalue weighted by atomic mass is 9.75. The summed E-state index contributed by atoms with van der Waals surface area (Å²) >= 11 is 0. The number of amides is 1. The molecular formula is C21H25NO3. The summed E-state index contributed by atoms with van der Waals surface area (Å²) in [6.45, 7) is 0. The molecule has 0 aromatic heterocycles. The quantitative estimate of drug-likeness (QED) is 0.726. The highest BCUT2D eigenvalue weighted by molar-refractivity contribution is 5.76. The van der Waals surface area contributed by atoms with E-state index in [1.165, 1.54) is 5.56 Å². The van der Waals surface area contributed by atoms with E-state index in [2.05, 4.69) is 17.4 Å². The van der Waals surface area contributed by atoms with Crippen LogP contribution in [0.2, 0.25) is 0 Å². The second kappa shape index (κ2) is 8.17. The van der Waals surface area contributed by atoms with Crippen LogP contribution in [0.15, 0.2) is 54.6 Å². The Kier molecular flexibility index (Phi) is 5.71. The van der Waals surface area contributed by atoms with Crippen LogP contribution in [-0.2, 0) is 17.6 Å². The van der Waals surface area contributed by atoms with Crippen LogP contribution in [-0.4, -0.2) is 28.3 Å². The van der Waals surface area contributed by atoms with Crippen LogP contribution < -0.4 is 5.32 Å². The Morgan fingerprint density at radius 1 is 1.08 bits per heavy atom. The summed E-state index contributed by atoms with van der Waals surface area (Å²) in [4.78, 5) is 12.4. The van der Waals surface area contributed by atoms with E-state index in [0.29, 0.717) is 18.8 Å². The molecule has 4 heteroatoms. The monoisotopic (exact) mass is 339 g/mol. The lowest BCUT2D eigenvalue weighted by Gasteiger charge is -2.38. The van der Waals surface area contributed by atoms with Gasteiger partial charge in [0.2, 0.25) is 5.91 Å². The summed E-state index contributed by atoms with van der Waals surface area (Å²) in [6, 6.07) is 17.2. The first-order valence-electron chi connectivity index (χ1n) is 8.89. The molecule has 0 unspecified atom stereocenters. The fraction of sp³-hybridized carbons (Fsp3) is 0.381. The van der Waals surface area contributed by atoms with E-state index in [1.54, 1.807) is 18.2 Å². The standard InChI is InChI=1S/C21H25NO3/c23-18-8-4-7-16(11-18)9-10-21(25)22-20(17-13-19(24)14-17)12-15-5-2-1-3-6-15/h1-8,11,17,19-20,23-24H,9-10,12-14H2,(H,22,25)/t17?,19?,20-/m1/s1. The minimum atomic E-state index is -0.229. The molecule has 1 aliphatic carbocycles. The van der Waals surface area contributed by atoms with Crippen LogP contribution in [0, 0.1) is 5.92 Å². The van der Waals surface area contributed by atoms with Gasteiger partial charge in [-0.15, -0.1) is 0 Å². The molecule has 1 atom stereocenters. The second-order valence-corrected chi connectivity index (χ2v) is 6.92. The summed E-state index contributed by atoms with van der Waals surface area (Å²) in [5, 5.41) is 22.3. The molecule has 0 bridgehead atoms. The van der Waals surface area contributed by atoms with Gasteiger partial charge >= 0.3 is 0 Å². The van der Waals surface area contributed by atoms with Gasteiger partial charge < -0.3 is 15.5 Å². The summed E-state index contributed by atoms with van der Waals surface area (Å²) in [7, 11) is 0. The molecule has 1 fully saturated rings. The maximum Gasteiger partial charge on any atom is 0.220 e. The molecule has 1 saturated carbocycles. The molecular weight excluding hydrogens is 314 g/mol. The summed E-state index contributed by atoms with van der Waals surface area (Å²) in [6.07, 6.45) is 3.06. The first kappa shape index (κ1) is 17.5. The highest BCUT2D eigenvalue weighted by Crippen LogP contribution is 2.31. The van der Waals surface area contributed by atoms with Gasteiger partial charge in [0, 0.05) is 12.5 Å². The van der Waals surface area contributed by atoms with E-state index in [0.717, 1.165) is 24.8 Å². The van der Waals surface area contributed by atoms with Gasteiger partial charge in [-0.25, -0.2) is 0 Å². The van der Waals surface area contributed by atoms with Crippen LogP contribution in [0.4, 0.5) is 0 Å². The highest BCUT2D eigenvalue weighted by atomic mass is 16.3. The largest absolute Gasteiger partial charge is 0.508 e. The third-order valence-corrected chi connectivity index (χ3v) is 4.91. The van der Waals surface area contributed by atoms with Crippen molar-refractivity contribution in [3.8, 4) is 5.75 Å². The first-order valence-corrected chi connectivity index (χ1v) is 8.89. The predicted molar refractivity (Wildman–Crippen MR) is 97.2 cm³/mol. The van der Waals surface area contributed by atoms with Gasteiger partial charge in [-0.2, -0.15) is 0 Å². The van der Waals surface area contributed by atoms with Crippen LogP contribution >= 0.6 is 0 Å². The Hall–Kier alpha value is -2.33. The minimum absolute atomic E-state index is 0.0191. The molecule has 0 saturated heterocycles. The Labute approximate surface area is 148 Å². The maximum absolute atomic E-state index is 12.4. The second-order valence-electron chi connectivity index (χ2n) is 6.92. The molecule has 2 aromatic rings. The van der Waals surface area contributed by atoms with Crippen LogP contribution in [0.1, 0.15) is 30.4 Å². The maximum atomic E-state index is 12.4. The van der Waals surface area contributed by atoms with Crippen molar-refractivity contribution in [3.63, 3.8) is 0 Å². The minimum Gasteiger partial charge on any atom is -0.508 e. The number of phenols is 1. The molecule has 0 heterocycles. The molecule has 0 spiro atoms. The van der Waals surface area contributed by atoms with Crippen molar-refractivity contribution in [3.05, 3.63) is 65.7 Å². The van der Waals surface area contributed by atoms with Gasteiger partial charge in [-0.3, -0.25) is 4.79 Å². The van der Waals surface area contributed by atoms with Crippen molar-refractivity contribution in [2.45, 2.75) is 44.2 Å². The number of phenolic OH excluding ortho intramolecular Hbond substituents is 1. The topological polar surface area (TPSA) is 69.6 Å². The van der Waals surface area contributed by atoms with Crippen molar-refractivity contribution in [1.29, 1.82) is 0 Å². The number of carbonyl (C=O) groups is 1. The smallest absolute Gasteiger partial charge is 0.220 e. The number of hydrogen-bond donors (Lipinski definition) is 3. The average molecular weight is 339 g/mol. The number of aryl methyl sites for hydroxylation is 1. The Morgan fingerprint density at radius 3 is 2.48 bits per heavy atom.